The lowest BCUT2D eigenvalue weighted by Crippen LogP contribution is -2.39. The number of carboxylic acids is 1. The van der Waals surface area contributed by atoms with Gasteiger partial charge >= 0.3 is 5.97 Å². The van der Waals surface area contributed by atoms with E-state index in [0.717, 1.165) is 44.8 Å². The number of pyridine rings is 2. The van der Waals surface area contributed by atoms with Gasteiger partial charge in [0.05, 0.1) is 19.2 Å². The van der Waals surface area contributed by atoms with Crippen molar-refractivity contribution in [2.75, 3.05) is 25.0 Å². The number of ether oxygens (including phenoxy) is 2. The van der Waals surface area contributed by atoms with E-state index < -0.39 is 11.8 Å². The van der Waals surface area contributed by atoms with Gasteiger partial charge in [0.1, 0.15) is 29.6 Å². The lowest BCUT2D eigenvalue weighted by atomic mass is 10.1. The normalized spacial score (nSPS) is 17.9. The number of carboxylic acid groups (broad SMARTS) is 1. The highest BCUT2D eigenvalue weighted by molar-refractivity contribution is 6.30. The number of nitrogens with one attached hydrogen (secondary N) is 1. The molecule has 0 spiro atoms. The minimum Gasteiger partial charge on any atom is -0.477 e. The number of aromatic nitrogens is 4. The van der Waals surface area contributed by atoms with E-state index in [0.29, 0.717) is 46.5 Å². The number of hydrogen-bond acceptors (Lipinski definition) is 8. The van der Waals surface area contributed by atoms with Gasteiger partial charge in [0, 0.05) is 42.4 Å². The van der Waals surface area contributed by atoms with E-state index in [4.69, 9.17) is 26.1 Å². The molecule has 0 aliphatic carbocycles. The molecule has 0 amide bonds. The minimum absolute atomic E-state index is 0.00633. The molecule has 2 aliphatic rings. The first kappa shape index (κ1) is 27.4. The zero-order chi connectivity index (χ0) is 28.3. The van der Waals surface area contributed by atoms with Crippen LogP contribution in [-0.4, -0.2) is 67.3 Å². The van der Waals surface area contributed by atoms with Crippen molar-refractivity contribution in [2.24, 2.45) is 0 Å². The molecule has 0 saturated carbocycles. The maximum absolute atomic E-state index is 14.1. The third-order valence-corrected chi connectivity index (χ3v) is 7.72. The topological polar surface area (TPSA) is 115 Å². The molecule has 4 aromatic rings. The summed E-state index contributed by atoms with van der Waals surface area (Å²) in [4.78, 5) is 27.6. The molecule has 214 valence electrons. The number of anilines is 1. The highest BCUT2D eigenvalue weighted by Crippen LogP contribution is 2.24. The number of halogens is 2. The van der Waals surface area contributed by atoms with Crippen molar-refractivity contribution in [2.45, 2.75) is 51.1 Å². The Bertz CT molecular complexity index is 1550. The van der Waals surface area contributed by atoms with Crippen LogP contribution in [0.4, 0.5) is 10.2 Å². The van der Waals surface area contributed by atoms with Crippen molar-refractivity contribution in [1.82, 2.24) is 24.4 Å². The number of carbonyl (C=O) groups is 1. The van der Waals surface area contributed by atoms with Crippen molar-refractivity contribution in [3.05, 3.63) is 76.5 Å². The first-order valence-corrected chi connectivity index (χ1v) is 14.0. The molecule has 10 nitrogen and oxygen atoms in total. The Labute approximate surface area is 241 Å². The number of nitrogens with zero attached hydrogens (tertiary/aromatic N) is 5. The Hall–Kier alpha value is -3.80. The highest BCUT2D eigenvalue weighted by Gasteiger charge is 2.26. The second-order valence-electron chi connectivity index (χ2n) is 10.3. The fraction of sp³-hybridized carbons (Fsp3) is 0.379. The number of rotatable bonds is 10. The second kappa shape index (κ2) is 12.0. The zero-order valence-electron chi connectivity index (χ0n) is 22.3. The van der Waals surface area contributed by atoms with Crippen molar-refractivity contribution in [3.63, 3.8) is 0 Å². The summed E-state index contributed by atoms with van der Waals surface area (Å²) in [6.45, 7) is 3.77. The predicted molar refractivity (Wildman–Crippen MR) is 151 cm³/mol. The van der Waals surface area contributed by atoms with E-state index in [1.807, 2.05) is 16.7 Å². The average molecular weight is 581 g/mol. The monoisotopic (exact) mass is 580 g/mol. The van der Waals surface area contributed by atoms with Crippen LogP contribution < -0.4 is 10.1 Å². The molecule has 6 rings (SSSR count). The van der Waals surface area contributed by atoms with Crippen molar-refractivity contribution in [1.29, 1.82) is 0 Å². The summed E-state index contributed by atoms with van der Waals surface area (Å²) in [5, 5.41) is 13.3. The van der Waals surface area contributed by atoms with Crippen LogP contribution in [0, 0.1) is 5.82 Å². The lowest BCUT2D eigenvalue weighted by Gasteiger charge is -2.33. The van der Waals surface area contributed by atoms with E-state index in [1.54, 1.807) is 24.3 Å². The van der Waals surface area contributed by atoms with Crippen LogP contribution in [0.15, 0.2) is 48.5 Å². The van der Waals surface area contributed by atoms with Gasteiger partial charge in [0.15, 0.2) is 11.3 Å². The molecule has 2 saturated heterocycles. The SMILES string of the molecule is O=C(O)c1ccc2nc(CN3CCC(Nc4cccc(OCc5ccc(Cl)cc5F)n4)CC3)n(C[C@@H]3CCO3)c2n1. The van der Waals surface area contributed by atoms with Crippen LogP contribution in [0.1, 0.15) is 41.1 Å². The molecule has 12 heteroatoms. The zero-order valence-corrected chi connectivity index (χ0v) is 23.1. The molecule has 0 radical (unpaired) electrons. The number of hydrogen-bond donors (Lipinski definition) is 2. The smallest absolute Gasteiger partial charge is 0.354 e. The fourth-order valence-electron chi connectivity index (χ4n) is 5.12. The minimum atomic E-state index is -1.06. The van der Waals surface area contributed by atoms with Crippen LogP contribution in [-0.2, 0) is 24.4 Å². The van der Waals surface area contributed by atoms with Gasteiger partial charge in [-0.3, -0.25) is 4.90 Å². The largest absolute Gasteiger partial charge is 0.477 e. The Balaban J connectivity index is 1.06. The summed E-state index contributed by atoms with van der Waals surface area (Å²) >= 11 is 5.83. The summed E-state index contributed by atoms with van der Waals surface area (Å²) in [6, 6.07) is 13.5. The average Bonchev–Trinajstić information content (AvgIpc) is 3.27. The number of aromatic carboxylic acids is 1. The van der Waals surface area contributed by atoms with Gasteiger partial charge in [-0.05, 0) is 49.6 Å². The lowest BCUT2D eigenvalue weighted by molar-refractivity contribution is -0.0592. The summed E-state index contributed by atoms with van der Waals surface area (Å²) in [5.74, 6) is 0.515. The molecule has 0 bridgehead atoms. The quantitative estimate of drug-likeness (QED) is 0.274. The van der Waals surface area contributed by atoms with Crippen LogP contribution in [0.5, 0.6) is 5.88 Å². The Morgan fingerprint density at radius 2 is 1.95 bits per heavy atom. The Morgan fingerprint density at radius 1 is 1.12 bits per heavy atom. The third kappa shape index (κ3) is 6.42. The van der Waals surface area contributed by atoms with Gasteiger partial charge in [0.2, 0.25) is 5.88 Å². The number of imidazole rings is 1. The molecule has 41 heavy (non-hydrogen) atoms. The maximum Gasteiger partial charge on any atom is 0.354 e. The van der Waals surface area contributed by atoms with Crippen molar-refractivity contribution in [3.8, 4) is 5.88 Å². The van der Waals surface area contributed by atoms with Gasteiger partial charge < -0.3 is 24.5 Å². The first-order valence-electron chi connectivity index (χ1n) is 13.6. The van der Waals surface area contributed by atoms with E-state index >= 15 is 0 Å². The molecular weight excluding hydrogens is 551 g/mol. The summed E-state index contributed by atoms with van der Waals surface area (Å²) in [7, 11) is 0. The van der Waals surface area contributed by atoms with Crippen LogP contribution in [0.25, 0.3) is 11.2 Å². The molecule has 1 aromatic carbocycles. The van der Waals surface area contributed by atoms with Crippen molar-refractivity contribution < 1.29 is 23.8 Å². The van der Waals surface area contributed by atoms with Crippen molar-refractivity contribution >= 4 is 34.6 Å². The first-order chi connectivity index (χ1) is 19.9. The van der Waals surface area contributed by atoms with Gasteiger partial charge in [-0.15, -0.1) is 0 Å². The number of benzene rings is 1. The van der Waals surface area contributed by atoms with Crippen LogP contribution in [0.3, 0.4) is 0 Å². The standard InChI is InChI=1S/C29H30ClFN6O4/c30-19-5-4-18(22(31)14-19)17-41-27-3-1-2-25(35-27)32-20-8-11-36(12-9-20)16-26-33-23-6-7-24(29(38)39)34-28(23)37(26)15-21-10-13-40-21/h1-7,14,20-21H,8-13,15-17H2,(H,32,35)(H,38,39)/t21-/m0/s1. The van der Waals surface area contributed by atoms with Gasteiger partial charge in [-0.25, -0.2) is 19.2 Å². The predicted octanol–water partition coefficient (Wildman–Crippen LogP) is 4.76. The molecule has 2 aliphatic heterocycles. The maximum atomic E-state index is 14.1. The summed E-state index contributed by atoms with van der Waals surface area (Å²) in [6.07, 6.45) is 2.88. The van der Waals surface area contributed by atoms with E-state index in [1.165, 1.54) is 12.1 Å². The van der Waals surface area contributed by atoms with Gasteiger partial charge in [-0.2, -0.15) is 4.98 Å². The Kier molecular flexibility index (Phi) is 8.00. The molecule has 1 atom stereocenters. The Morgan fingerprint density at radius 3 is 2.68 bits per heavy atom. The second-order valence-corrected chi connectivity index (χ2v) is 10.8. The number of fused-ring (bicyclic) bond motifs is 1. The van der Waals surface area contributed by atoms with Gasteiger partial charge in [0.25, 0.3) is 0 Å². The third-order valence-electron chi connectivity index (χ3n) is 7.49. The molecule has 2 N–H and O–H groups in total. The van der Waals surface area contributed by atoms with Crippen LogP contribution >= 0.6 is 11.6 Å². The molecule has 2 fully saturated rings. The number of likely N-dealkylation sites (tertiary alicyclic amines) is 1. The molecule has 0 unspecified atom stereocenters. The summed E-state index contributed by atoms with van der Waals surface area (Å²) in [5.41, 5.74) is 1.69. The van der Waals surface area contributed by atoms with E-state index in [9.17, 15) is 14.3 Å². The summed E-state index contributed by atoms with van der Waals surface area (Å²) < 4.78 is 27.5. The van der Waals surface area contributed by atoms with Gasteiger partial charge in [-0.1, -0.05) is 23.7 Å². The van der Waals surface area contributed by atoms with E-state index in [2.05, 4.69) is 20.2 Å². The van der Waals surface area contributed by atoms with Crippen LogP contribution in [0.2, 0.25) is 5.02 Å². The highest BCUT2D eigenvalue weighted by atomic mass is 35.5. The molecule has 5 heterocycles. The van der Waals surface area contributed by atoms with E-state index in [-0.39, 0.29) is 24.4 Å². The molecule has 3 aromatic heterocycles. The molecular formula is C29H30ClFN6O4. The fourth-order valence-corrected chi connectivity index (χ4v) is 5.28. The number of piperidine rings is 1.